The van der Waals surface area contributed by atoms with Gasteiger partial charge < -0.3 is 4.90 Å². The number of likely N-dealkylation sites (tertiary alicyclic amines) is 1. The third-order valence-corrected chi connectivity index (χ3v) is 3.66. The summed E-state index contributed by atoms with van der Waals surface area (Å²) in [5.74, 6) is 0. The first-order valence-corrected chi connectivity index (χ1v) is 6.53. The molecule has 0 aromatic heterocycles. The molecule has 0 N–H and O–H groups in total. The van der Waals surface area contributed by atoms with E-state index in [1.807, 2.05) is 5.06 Å². The summed E-state index contributed by atoms with van der Waals surface area (Å²) < 4.78 is 0. The van der Waals surface area contributed by atoms with Gasteiger partial charge in [0.1, 0.15) is 0 Å². The molecule has 3 heteroatoms. The summed E-state index contributed by atoms with van der Waals surface area (Å²) in [6.45, 7) is 10.9. The Bertz CT molecular complexity index is 327. The quantitative estimate of drug-likeness (QED) is 0.733. The van der Waals surface area contributed by atoms with E-state index in [4.69, 9.17) is 4.84 Å². The summed E-state index contributed by atoms with van der Waals surface area (Å²) in [7, 11) is 1.71. The van der Waals surface area contributed by atoms with Crippen LogP contribution in [0.15, 0.2) is 24.0 Å². The van der Waals surface area contributed by atoms with Gasteiger partial charge in [0, 0.05) is 30.9 Å². The van der Waals surface area contributed by atoms with Crippen LogP contribution in [-0.2, 0) is 4.84 Å². The van der Waals surface area contributed by atoms with E-state index in [-0.39, 0.29) is 5.54 Å². The van der Waals surface area contributed by atoms with Gasteiger partial charge in [0.15, 0.2) is 0 Å². The Morgan fingerprint density at radius 1 is 1.24 bits per heavy atom. The smallest absolute Gasteiger partial charge is 0.0813 e. The largest absolute Gasteiger partial charge is 0.375 e. The van der Waals surface area contributed by atoms with Gasteiger partial charge in [-0.3, -0.25) is 4.84 Å². The fourth-order valence-corrected chi connectivity index (χ4v) is 2.95. The van der Waals surface area contributed by atoms with Crippen LogP contribution in [0, 0.1) is 0 Å². The van der Waals surface area contributed by atoms with Crippen molar-refractivity contribution < 1.29 is 4.84 Å². The zero-order valence-corrected chi connectivity index (χ0v) is 11.3. The molecule has 2 rings (SSSR count). The van der Waals surface area contributed by atoms with Gasteiger partial charge >= 0.3 is 0 Å². The van der Waals surface area contributed by atoms with Gasteiger partial charge in [-0.2, -0.15) is 0 Å². The van der Waals surface area contributed by atoms with Crippen molar-refractivity contribution in [3.63, 3.8) is 0 Å². The van der Waals surface area contributed by atoms with Crippen molar-refractivity contribution in [1.29, 1.82) is 0 Å². The van der Waals surface area contributed by atoms with Gasteiger partial charge in [-0.15, -0.1) is 0 Å². The molecule has 0 bridgehead atoms. The molecule has 0 unspecified atom stereocenters. The maximum absolute atomic E-state index is 5.43. The third-order valence-electron chi connectivity index (χ3n) is 3.66. The summed E-state index contributed by atoms with van der Waals surface area (Å²) in [6.07, 6.45) is 7.25. The fourth-order valence-electron chi connectivity index (χ4n) is 2.95. The second-order valence-corrected chi connectivity index (χ2v) is 5.56. The number of hydrogen-bond donors (Lipinski definition) is 0. The standard InChI is InChI=1S/C14H24N2O/c1-12-10-13(15-8-6-5-7-9-15)11-14(2,3)16(12)17-4/h11H,1,5-10H2,2-4H3. The number of hydrogen-bond acceptors (Lipinski definition) is 3. The van der Waals surface area contributed by atoms with E-state index < -0.39 is 0 Å². The van der Waals surface area contributed by atoms with E-state index in [0.717, 1.165) is 12.1 Å². The van der Waals surface area contributed by atoms with Crippen molar-refractivity contribution in [3.05, 3.63) is 24.0 Å². The Morgan fingerprint density at radius 3 is 2.41 bits per heavy atom. The van der Waals surface area contributed by atoms with E-state index >= 15 is 0 Å². The zero-order valence-electron chi connectivity index (χ0n) is 11.3. The Morgan fingerprint density at radius 2 is 1.88 bits per heavy atom. The molecular formula is C14H24N2O. The minimum absolute atomic E-state index is 0.100. The van der Waals surface area contributed by atoms with Crippen molar-refractivity contribution in [2.45, 2.75) is 45.1 Å². The molecule has 0 amide bonds. The molecule has 2 heterocycles. The van der Waals surface area contributed by atoms with Crippen LogP contribution in [0.5, 0.6) is 0 Å². The molecule has 1 saturated heterocycles. The van der Waals surface area contributed by atoms with E-state index in [1.54, 1.807) is 7.11 Å². The monoisotopic (exact) mass is 236 g/mol. The maximum atomic E-state index is 5.43. The lowest BCUT2D eigenvalue weighted by Gasteiger charge is -2.44. The number of rotatable bonds is 2. The first-order valence-electron chi connectivity index (χ1n) is 6.53. The van der Waals surface area contributed by atoms with Crippen LogP contribution >= 0.6 is 0 Å². The minimum atomic E-state index is -0.100. The lowest BCUT2D eigenvalue weighted by Crippen LogP contribution is -2.45. The molecule has 0 radical (unpaired) electrons. The molecule has 96 valence electrons. The highest BCUT2D eigenvalue weighted by Gasteiger charge is 2.33. The Labute approximate surface area is 105 Å². The van der Waals surface area contributed by atoms with E-state index in [9.17, 15) is 0 Å². The minimum Gasteiger partial charge on any atom is -0.375 e. The molecule has 0 spiro atoms. The fraction of sp³-hybridized carbons (Fsp3) is 0.714. The lowest BCUT2D eigenvalue weighted by molar-refractivity contribution is -0.154. The maximum Gasteiger partial charge on any atom is 0.0813 e. The molecular weight excluding hydrogens is 212 g/mol. The Kier molecular flexibility index (Phi) is 3.48. The van der Waals surface area contributed by atoms with Crippen LogP contribution in [-0.4, -0.2) is 35.7 Å². The molecule has 0 saturated carbocycles. The number of hydroxylamine groups is 2. The second kappa shape index (κ2) is 4.73. The van der Waals surface area contributed by atoms with Crippen molar-refractivity contribution in [3.8, 4) is 0 Å². The molecule has 2 aliphatic rings. The lowest BCUT2D eigenvalue weighted by atomic mass is 9.94. The molecule has 0 atom stereocenters. The first-order chi connectivity index (χ1) is 8.04. The van der Waals surface area contributed by atoms with Crippen molar-refractivity contribution in [2.75, 3.05) is 20.2 Å². The van der Waals surface area contributed by atoms with Crippen molar-refractivity contribution >= 4 is 0 Å². The molecule has 3 nitrogen and oxygen atoms in total. The second-order valence-electron chi connectivity index (χ2n) is 5.56. The number of nitrogens with zero attached hydrogens (tertiary/aromatic N) is 2. The zero-order chi connectivity index (χ0) is 12.5. The Hall–Kier alpha value is -0.960. The van der Waals surface area contributed by atoms with Crippen molar-refractivity contribution in [2.24, 2.45) is 0 Å². The summed E-state index contributed by atoms with van der Waals surface area (Å²) in [5, 5.41) is 1.92. The normalized spacial score (nSPS) is 24.9. The van der Waals surface area contributed by atoms with E-state index in [2.05, 4.69) is 31.4 Å². The van der Waals surface area contributed by atoms with E-state index in [1.165, 1.54) is 38.0 Å². The van der Waals surface area contributed by atoms with Crippen LogP contribution < -0.4 is 0 Å². The molecule has 2 aliphatic heterocycles. The summed E-state index contributed by atoms with van der Waals surface area (Å²) in [5.41, 5.74) is 2.38. The highest BCUT2D eigenvalue weighted by atomic mass is 16.7. The predicted molar refractivity (Wildman–Crippen MR) is 70.2 cm³/mol. The van der Waals surface area contributed by atoms with Crippen LogP contribution in [0.3, 0.4) is 0 Å². The van der Waals surface area contributed by atoms with Gasteiger partial charge in [-0.1, -0.05) is 6.58 Å². The van der Waals surface area contributed by atoms with Gasteiger partial charge in [-0.25, -0.2) is 5.06 Å². The summed E-state index contributed by atoms with van der Waals surface area (Å²) in [4.78, 5) is 7.94. The average molecular weight is 236 g/mol. The Balaban J connectivity index is 2.18. The predicted octanol–water partition coefficient (Wildman–Crippen LogP) is 2.92. The van der Waals surface area contributed by atoms with Gasteiger partial charge in [0.2, 0.25) is 0 Å². The van der Waals surface area contributed by atoms with Crippen LogP contribution in [0.2, 0.25) is 0 Å². The van der Waals surface area contributed by atoms with Crippen LogP contribution in [0.4, 0.5) is 0 Å². The van der Waals surface area contributed by atoms with Gasteiger partial charge in [0.05, 0.1) is 12.6 Å². The summed E-state index contributed by atoms with van der Waals surface area (Å²) >= 11 is 0. The summed E-state index contributed by atoms with van der Waals surface area (Å²) in [6, 6.07) is 0. The van der Waals surface area contributed by atoms with E-state index in [0.29, 0.717) is 0 Å². The molecule has 0 aromatic carbocycles. The average Bonchev–Trinajstić information content (AvgIpc) is 2.28. The highest BCUT2D eigenvalue weighted by Crippen LogP contribution is 2.34. The van der Waals surface area contributed by atoms with Crippen molar-refractivity contribution in [1.82, 2.24) is 9.96 Å². The van der Waals surface area contributed by atoms with Gasteiger partial charge in [0.25, 0.3) is 0 Å². The van der Waals surface area contributed by atoms with Gasteiger partial charge in [-0.05, 0) is 39.2 Å². The van der Waals surface area contributed by atoms with Crippen LogP contribution in [0.25, 0.3) is 0 Å². The molecule has 17 heavy (non-hydrogen) atoms. The molecule has 0 aromatic rings. The highest BCUT2D eigenvalue weighted by molar-refractivity contribution is 5.24. The van der Waals surface area contributed by atoms with Crippen LogP contribution in [0.1, 0.15) is 39.5 Å². The first kappa shape index (κ1) is 12.5. The third kappa shape index (κ3) is 2.49. The topological polar surface area (TPSA) is 15.7 Å². The molecule has 0 aliphatic carbocycles. The SMILES string of the molecule is C=C1CC(N2CCCCC2)=CC(C)(C)N1OC. The number of piperidine rings is 1. The molecule has 1 fully saturated rings.